The number of anilines is 1. The summed E-state index contributed by atoms with van der Waals surface area (Å²) in [6.07, 6.45) is 1.25. The lowest BCUT2D eigenvalue weighted by Crippen LogP contribution is -2.37. The lowest BCUT2D eigenvalue weighted by Gasteiger charge is -2.08. The number of hydrogen-bond acceptors (Lipinski definition) is 3. The van der Waals surface area contributed by atoms with E-state index in [-0.39, 0.29) is 23.9 Å². The van der Waals surface area contributed by atoms with Gasteiger partial charge in [-0.15, -0.1) is 0 Å². The first-order chi connectivity index (χ1) is 9.06. The van der Waals surface area contributed by atoms with Gasteiger partial charge in [0, 0.05) is 0 Å². The van der Waals surface area contributed by atoms with Crippen molar-refractivity contribution < 1.29 is 14.3 Å². The summed E-state index contributed by atoms with van der Waals surface area (Å²) in [5.74, 6) is -1.62. The molecule has 1 aromatic carbocycles. The highest BCUT2D eigenvalue weighted by atomic mass is 35.5. The third kappa shape index (κ3) is 4.81. The number of benzene rings is 1. The van der Waals surface area contributed by atoms with Crippen molar-refractivity contribution in [1.29, 1.82) is 0 Å². The molecule has 0 unspecified atom stereocenters. The standard InChI is InChI=1S/C12H12Cl2N2O3/c1-2-19-7-6-15-11(17)12(18)16-9-5-3-4-8(13)10(9)14/h2-5H,1,6-7H2,(H,15,17)(H,16,18). The van der Waals surface area contributed by atoms with Crippen molar-refractivity contribution in [2.75, 3.05) is 18.5 Å². The maximum absolute atomic E-state index is 11.6. The molecule has 0 saturated carbocycles. The van der Waals surface area contributed by atoms with Crippen LogP contribution in [0.4, 0.5) is 5.69 Å². The van der Waals surface area contributed by atoms with E-state index >= 15 is 0 Å². The molecule has 0 aromatic heterocycles. The number of amides is 2. The van der Waals surface area contributed by atoms with Crippen LogP contribution in [-0.2, 0) is 14.3 Å². The van der Waals surface area contributed by atoms with E-state index in [2.05, 4.69) is 17.2 Å². The number of nitrogens with one attached hydrogen (secondary N) is 2. The van der Waals surface area contributed by atoms with Gasteiger partial charge in [0.15, 0.2) is 0 Å². The molecule has 0 heterocycles. The zero-order valence-electron chi connectivity index (χ0n) is 9.91. The van der Waals surface area contributed by atoms with Gasteiger partial charge in [-0.05, 0) is 12.1 Å². The van der Waals surface area contributed by atoms with E-state index in [1.54, 1.807) is 18.2 Å². The Morgan fingerprint density at radius 3 is 2.74 bits per heavy atom. The number of ether oxygens (including phenoxy) is 1. The largest absolute Gasteiger partial charge is 0.500 e. The van der Waals surface area contributed by atoms with Crippen LogP contribution in [0, 0.1) is 0 Å². The Morgan fingerprint density at radius 2 is 2.05 bits per heavy atom. The second kappa shape index (κ2) is 7.66. The maximum Gasteiger partial charge on any atom is 0.313 e. The van der Waals surface area contributed by atoms with Gasteiger partial charge in [-0.1, -0.05) is 35.8 Å². The Morgan fingerprint density at radius 1 is 1.32 bits per heavy atom. The fourth-order valence-electron chi connectivity index (χ4n) is 1.17. The number of hydrogen-bond donors (Lipinski definition) is 2. The fraction of sp³-hybridized carbons (Fsp3) is 0.167. The van der Waals surface area contributed by atoms with E-state index in [1.807, 2.05) is 0 Å². The Hall–Kier alpha value is -1.72. The molecule has 0 aliphatic rings. The highest BCUT2D eigenvalue weighted by Gasteiger charge is 2.15. The topological polar surface area (TPSA) is 67.4 Å². The molecule has 1 rings (SSSR count). The molecule has 0 radical (unpaired) electrons. The first kappa shape index (κ1) is 15.3. The van der Waals surface area contributed by atoms with Gasteiger partial charge in [-0.2, -0.15) is 0 Å². The zero-order chi connectivity index (χ0) is 14.3. The van der Waals surface area contributed by atoms with Crippen molar-refractivity contribution in [3.05, 3.63) is 41.1 Å². The van der Waals surface area contributed by atoms with Crippen LogP contribution >= 0.6 is 23.2 Å². The Labute approximate surface area is 120 Å². The average molecular weight is 303 g/mol. The highest BCUT2D eigenvalue weighted by molar-refractivity contribution is 6.45. The number of carbonyl (C=O) groups is 2. The quantitative estimate of drug-likeness (QED) is 0.498. The second-order valence-electron chi connectivity index (χ2n) is 3.35. The summed E-state index contributed by atoms with van der Waals surface area (Å²) in [6.45, 7) is 3.78. The molecule has 19 heavy (non-hydrogen) atoms. The van der Waals surface area contributed by atoms with E-state index in [9.17, 15) is 9.59 Å². The van der Waals surface area contributed by atoms with Crippen molar-refractivity contribution in [3.63, 3.8) is 0 Å². The summed E-state index contributed by atoms with van der Waals surface area (Å²) < 4.78 is 4.80. The van der Waals surface area contributed by atoms with Gasteiger partial charge in [0.2, 0.25) is 0 Å². The molecule has 7 heteroatoms. The van der Waals surface area contributed by atoms with Gasteiger partial charge in [-0.3, -0.25) is 9.59 Å². The summed E-state index contributed by atoms with van der Waals surface area (Å²) in [4.78, 5) is 23.0. The monoisotopic (exact) mass is 302 g/mol. The predicted octanol–water partition coefficient (Wildman–Crippen LogP) is 2.21. The van der Waals surface area contributed by atoms with Crippen LogP contribution in [0.1, 0.15) is 0 Å². The molecule has 0 spiro atoms. The number of carbonyl (C=O) groups excluding carboxylic acids is 2. The van der Waals surface area contributed by atoms with Crippen LogP contribution in [0.3, 0.4) is 0 Å². The summed E-state index contributed by atoms with van der Waals surface area (Å²) >= 11 is 11.7. The lowest BCUT2D eigenvalue weighted by molar-refractivity contribution is -0.136. The summed E-state index contributed by atoms with van der Waals surface area (Å²) in [5, 5.41) is 5.21. The minimum absolute atomic E-state index is 0.181. The minimum atomic E-state index is -0.831. The highest BCUT2D eigenvalue weighted by Crippen LogP contribution is 2.29. The normalized spacial score (nSPS) is 9.58. The van der Waals surface area contributed by atoms with Gasteiger partial charge < -0.3 is 15.4 Å². The Bertz CT molecular complexity index is 492. The van der Waals surface area contributed by atoms with Crippen LogP contribution < -0.4 is 10.6 Å². The summed E-state index contributed by atoms with van der Waals surface area (Å²) in [5.41, 5.74) is 0.275. The third-order valence-electron chi connectivity index (χ3n) is 2.03. The molecule has 0 fully saturated rings. The van der Waals surface area contributed by atoms with E-state index in [0.29, 0.717) is 5.02 Å². The number of halogens is 2. The maximum atomic E-state index is 11.6. The molecule has 2 amide bonds. The van der Waals surface area contributed by atoms with Crippen molar-refractivity contribution >= 4 is 40.7 Å². The second-order valence-corrected chi connectivity index (χ2v) is 4.13. The molecule has 0 aliphatic heterocycles. The molecular weight excluding hydrogens is 291 g/mol. The van der Waals surface area contributed by atoms with Crippen LogP contribution in [0.5, 0.6) is 0 Å². The van der Waals surface area contributed by atoms with Gasteiger partial charge in [-0.25, -0.2) is 0 Å². The molecule has 0 aliphatic carbocycles. The predicted molar refractivity (Wildman–Crippen MR) is 74.3 cm³/mol. The van der Waals surface area contributed by atoms with Crippen molar-refractivity contribution in [2.24, 2.45) is 0 Å². The van der Waals surface area contributed by atoms with Crippen LogP contribution in [0.25, 0.3) is 0 Å². The van der Waals surface area contributed by atoms with Crippen molar-refractivity contribution in [2.45, 2.75) is 0 Å². The molecule has 1 aromatic rings. The Balaban J connectivity index is 2.52. The van der Waals surface area contributed by atoms with Gasteiger partial charge in [0.1, 0.15) is 6.61 Å². The smallest absolute Gasteiger partial charge is 0.313 e. The minimum Gasteiger partial charge on any atom is -0.500 e. The summed E-state index contributed by atoms with van der Waals surface area (Å²) in [7, 11) is 0. The summed E-state index contributed by atoms with van der Waals surface area (Å²) in [6, 6.07) is 4.73. The van der Waals surface area contributed by atoms with Gasteiger partial charge in [0.25, 0.3) is 0 Å². The lowest BCUT2D eigenvalue weighted by atomic mass is 10.3. The molecule has 0 bridgehead atoms. The van der Waals surface area contributed by atoms with Gasteiger partial charge in [0.05, 0.1) is 28.5 Å². The third-order valence-corrected chi connectivity index (χ3v) is 2.85. The van der Waals surface area contributed by atoms with Crippen molar-refractivity contribution in [1.82, 2.24) is 5.32 Å². The van der Waals surface area contributed by atoms with Crippen molar-refractivity contribution in [3.8, 4) is 0 Å². The molecule has 102 valence electrons. The van der Waals surface area contributed by atoms with Gasteiger partial charge >= 0.3 is 11.8 Å². The molecular formula is C12H12Cl2N2O3. The van der Waals surface area contributed by atoms with Crippen LogP contribution in [-0.4, -0.2) is 25.0 Å². The molecule has 5 nitrogen and oxygen atoms in total. The zero-order valence-corrected chi connectivity index (χ0v) is 11.4. The van der Waals surface area contributed by atoms with E-state index < -0.39 is 11.8 Å². The Kier molecular flexibility index (Phi) is 6.18. The number of rotatable bonds is 5. The molecule has 0 saturated heterocycles. The molecule has 2 N–H and O–H groups in total. The van der Waals surface area contributed by atoms with E-state index in [1.165, 1.54) is 6.26 Å². The van der Waals surface area contributed by atoms with Crippen LogP contribution in [0.15, 0.2) is 31.0 Å². The van der Waals surface area contributed by atoms with E-state index in [4.69, 9.17) is 27.9 Å². The van der Waals surface area contributed by atoms with Crippen LogP contribution in [0.2, 0.25) is 10.0 Å². The first-order valence-electron chi connectivity index (χ1n) is 5.32. The SMILES string of the molecule is C=COCCNC(=O)C(=O)Nc1cccc(Cl)c1Cl. The molecule has 0 atom stereocenters. The van der Waals surface area contributed by atoms with E-state index in [0.717, 1.165) is 0 Å². The first-order valence-corrected chi connectivity index (χ1v) is 6.07. The fourth-order valence-corrected chi connectivity index (χ4v) is 1.51. The average Bonchev–Trinajstić information content (AvgIpc) is 2.39.